The lowest BCUT2D eigenvalue weighted by molar-refractivity contribution is -0.118. The van der Waals surface area contributed by atoms with Gasteiger partial charge in [0.25, 0.3) is 0 Å². The van der Waals surface area contributed by atoms with Crippen LogP contribution >= 0.6 is 0 Å². The zero-order valence-electron chi connectivity index (χ0n) is 11.8. The SMILES string of the molecule is C=N.CCCN(C=O)CC(C)C.c1ccccc1. The van der Waals surface area contributed by atoms with E-state index in [0.29, 0.717) is 5.92 Å². The summed E-state index contributed by atoms with van der Waals surface area (Å²) in [5.74, 6) is 0.580. The normalized spacial score (nSPS) is 8.44. The molecule has 1 amide bonds. The third-order valence-corrected chi connectivity index (χ3v) is 1.93. The van der Waals surface area contributed by atoms with Gasteiger partial charge in [0.2, 0.25) is 6.41 Å². The molecule has 102 valence electrons. The van der Waals surface area contributed by atoms with E-state index in [9.17, 15) is 4.79 Å². The van der Waals surface area contributed by atoms with Crippen molar-refractivity contribution in [1.29, 1.82) is 5.41 Å². The van der Waals surface area contributed by atoms with Crippen molar-refractivity contribution in [1.82, 2.24) is 4.90 Å². The second-order valence-corrected chi connectivity index (χ2v) is 4.15. The van der Waals surface area contributed by atoms with Crippen molar-refractivity contribution in [3.8, 4) is 0 Å². The third-order valence-electron chi connectivity index (χ3n) is 1.93. The van der Waals surface area contributed by atoms with Crippen LogP contribution in [0.5, 0.6) is 0 Å². The maximum absolute atomic E-state index is 10.4. The second kappa shape index (κ2) is 15.4. The Bertz CT molecular complexity index is 236. The van der Waals surface area contributed by atoms with Gasteiger partial charge in [-0.3, -0.25) is 4.79 Å². The maximum atomic E-state index is 10.4. The van der Waals surface area contributed by atoms with E-state index in [-0.39, 0.29) is 0 Å². The summed E-state index contributed by atoms with van der Waals surface area (Å²) in [7, 11) is 0. The van der Waals surface area contributed by atoms with Crippen LogP contribution in [0.2, 0.25) is 0 Å². The van der Waals surface area contributed by atoms with E-state index in [1.807, 2.05) is 41.3 Å². The first-order valence-electron chi connectivity index (χ1n) is 6.25. The van der Waals surface area contributed by atoms with Gasteiger partial charge in [0, 0.05) is 13.1 Å². The Hall–Kier alpha value is -1.64. The highest BCUT2D eigenvalue weighted by molar-refractivity contribution is 5.46. The van der Waals surface area contributed by atoms with Gasteiger partial charge in [0.15, 0.2) is 0 Å². The summed E-state index contributed by atoms with van der Waals surface area (Å²) >= 11 is 0. The molecule has 3 heteroatoms. The van der Waals surface area contributed by atoms with Crippen LogP contribution in [0.3, 0.4) is 0 Å². The minimum atomic E-state index is 0.580. The Balaban J connectivity index is 0. The van der Waals surface area contributed by atoms with Crippen LogP contribution in [0, 0.1) is 11.3 Å². The average molecular weight is 250 g/mol. The first kappa shape index (κ1) is 18.7. The number of rotatable bonds is 5. The molecular weight excluding hydrogens is 224 g/mol. The van der Waals surface area contributed by atoms with Crippen LogP contribution in [0.25, 0.3) is 0 Å². The zero-order valence-corrected chi connectivity index (χ0v) is 11.8. The van der Waals surface area contributed by atoms with Gasteiger partial charge < -0.3 is 10.3 Å². The monoisotopic (exact) mass is 250 g/mol. The minimum absolute atomic E-state index is 0.580. The standard InChI is InChI=1S/C8H17NO.C6H6.CH3N/c1-4-5-9(7-10)6-8(2)3;1-2-4-6-5-3-1;1-2/h7-8H,4-6H2,1-3H3;1-6H;2H,1H2. The van der Waals surface area contributed by atoms with Gasteiger partial charge in [-0.05, 0) is 19.1 Å². The molecule has 0 aliphatic carbocycles. The molecule has 3 nitrogen and oxygen atoms in total. The molecule has 0 atom stereocenters. The van der Waals surface area contributed by atoms with Crippen LogP contribution in [0.15, 0.2) is 36.4 Å². The van der Waals surface area contributed by atoms with Crippen molar-refractivity contribution in [2.45, 2.75) is 27.2 Å². The summed E-state index contributed by atoms with van der Waals surface area (Å²) in [6, 6.07) is 12.0. The second-order valence-electron chi connectivity index (χ2n) is 4.15. The molecule has 0 spiro atoms. The van der Waals surface area contributed by atoms with Gasteiger partial charge in [0.05, 0.1) is 0 Å². The fourth-order valence-corrected chi connectivity index (χ4v) is 1.33. The van der Waals surface area contributed by atoms with Crippen molar-refractivity contribution in [2.24, 2.45) is 5.92 Å². The topological polar surface area (TPSA) is 44.2 Å². The van der Waals surface area contributed by atoms with Crippen LogP contribution in [-0.2, 0) is 4.79 Å². The molecule has 0 radical (unpaired) electrons. The van der Waals surface area contributed by atoms with E-state index in [1.54, 1.807) is 0 Å². The number of hydrogen-bond acceptors (Lipinski definition) is 2. The van der Waals surface area contributed by atoms with Crippen LogP contribution < -0.4 is 0 Å². The number of benzene rings is 1. The van der Waals surface area contributed by atoms with E-state index in [0.717, 1.165) is 25.9 Å². The Morgan fingerprint density at radius 2 is 1.50 bits per heavy atom. The van der Waals surface area contributed by atoms with E-state index in [1.165, 1.54) is 0 Å². The molecule has 0 aromatic heterocycles. The molecule has 1 rings (SSSR count). The first-order chi connectivity index (χ1) is 8.70. The summed E-state index contributed by atoms with van der Waals surface area (Å²) in [4.78, 5) is 12.2. The highest BCUT2D eigenvalue weighted by Gasteiger charge is 2.01. The minimum Gasteiger partial charge on any atom is -0.345 e. The maximum Gasteiger partial charge on any atom is 0.209 e. The molecule has 1 aromatic carbocycles. The van der Waals surface area contributed by atoms with Gasteiger partial charge >= 0.3 is 0 Å². The summed E-state index contributed by atoms with van der Waals surface area (Å²) in [6.45, 7) is 10.6. The highest BCUT2D eigenvalue weighted by Crippen LogP contribution is 1.96. The smallest absolute Gasteiger partial charge is 0.209 e. The van der Waals surface area contributed by atoms with Gasteiger partial charge in [0.1, 0.15) is 0 Å². The van der Waals surface area contributed by atoms with E-state index >= 15 is 0 Å². The van der Waals surface area contributed by atoms with E-state index < -0.39 is 0 Å². The van der Waals surface area contributed by atoms with Crippen molar-refractivity contribution in [3.63, 3.8) is 0 Å². The fourth-order valence-electron chi connectivity index (χ4n) is 1.33. The van der Waals surface area contributed by atoms with Crippen molar-refractivity contribution >= 4 is 13.1 Å². The lowest BCUT2D eigenvalue weighted by Gasteiger charge is -2.17. The largest absolute Gasteiger partial charge is 0.345 e. The van der Waals surface area contributed by atoms with Crippen LogP contribution in [-0.4, -0.2) is 31.1 Å². The molecular formula is C15H26N2O. The Kier molecular flexibility index (Phi) is 16.0. The average Bonchev–Trinajstić information content (AvgIpc) is 2.43. The zero-order chi connectivity index (χ0) is 14.2. The van der Waals surface area contributed by atoms with Gasteiger partial charge in [-0.15, -0.1) is 0 Å². The molecule has 0 bridgehead atoms. The number of nitrogens with zero attached hydrogens (tertiary/aromatic N) is 1. The molecule has 0 aliphatic rings. The van der Waals surface area contributed by atoms with Gasteiger partial charge in [-0.25, -0.2) is 0 Å². The lowest BCUT2D eigenvalue weighted by atomic mass is 10.2. The molecule has 18 heavy (non-hydrogen) atoms. The third kappa shape index (κ3) is 14.4. The molecule has 1 aromatic rings. The Morgan fingerprint density at radius 3 is 1.72 bits per heavy atom. The summed E-state index contributed by atoms with van der Waals surface area (Å²) in [5, 5.41) is 5.50. The number of amides is 1. The highest BCUT2D eigenvalue weighted by atomic mass is 16.1. The number of nitrogens with one attached hydrogen (secondary N) is 1. The molecule has 0 fully saturated rings. The summed E-state index contributed by atoms with van der Waals surface area (Å²) < 4.78 is 0. The molecule has 0 saturated carbocycles. The van der Waals surface area contributed by atoms with Gasteiger partial charge in [-0.1, -0.05) is 57.2 Å². The number of carbonyl (C=O) groups is 1. The lowest BCUT2D eigenvalue weighted by Crippen LogP contribution is -2.26. The molecule has 0 saturated heterocycles. The van der Waals surface area contributed by atoms with Gasteiger partial charge in [-0.2, -0.15) is 0 Å². The molecule has 0 heterocycles. The van der Waals surface area contributed by atoms with E-state index in [4.69, 9.17) is 5.41 Å². The fraction of sp³-hybridized carbons (Fsp3) is 0.467. The summed E-state index contributed by atoms with van der Waals surface area (Å²) in [6.07, 6.45) is 1.98. The predicted octanol–water partition coefficient (Wildman–Crippen LogP) is 3.46. The Morgan fingerprint density at radius 1 is 1.11 bits per heavy atom. The van der Waals surface area contributed by atoms with Crippen molar-refractivity contribution < 1.29 is 4.79 Å². The predicted molar refractivity (Wildman–Crippen MR) is 79.0 cm³/mol. The first-order valence-corrected chi connectivity index (χ1v) is 6.25. The molecule has 0 aliphatic heterocycles. The van der Waals surface area contributed by atoms with Crippen molar-refractivity contribution in [2.75, 3.05) is 13.1 Å². The van der Waals surface area contributed by atoms with Crippen LogP contribution in [0.4, 0.5) is 0 Å². The molecule has 1 N–H and O–H groups in total. The quantitative estimate of drug-likeness (QED) is 0.631. The van der Waals surface area contributed by atoms with Crippen molar-refractivity contribution in [3.05, 3.63) is 36.4 Å². The number of hydrogen-bond donors (Lipinski definition) is 1. The molecule has 0 unspecified atom stereocenters. The summed E-state index contributed by atoms with van der Waals surface area (Å²) in [5.41, 5.74) is 0. The Labute approximate surface area is 111 Å². The number of carbonyl (C=O) groups excluding carboxylic acids is 1. The van der Waals surface area contributed by atoms with Crippen LogP contribution in [0.1, 0.15) is 27.2 Å². The van der Waals surface area contributed by atoms with E-state index in [2.05, 4.69) is 27.5 Å².